The molecule has 1 aromatic rings. The van der Waals surface area contributed by atoms with Gasteiger partial charge in [0, 0.05) is 5.56 Å². The van der Waals surface area contributed by atoms with Gasteiger partial charge < -0.3 is 15.7 Å². The fraction of sp³-hybridized carbons (Fsp3) is 0.400. The van der Waals surface area contributed by atoms with Crippen LogP contribution < -0.4 is 10.6 Å². The maximum absolute atomic E-state index is 12.4. The van der Waals surface area contributed by atoms with Crippen molar-refractivity contribution in [2.75, 3.05) is 6.54 Å². The van der Waals surface area contributed by atoms with E-state index in [2.05, 4.69) is 10.6 Å². The number of rotatable bonds is 6. The van der Waals surface area contributed by atoms with E-state index in [1.54, 1.807) is 6.92 Å². The van der Waals surface area contributed by atoms with E-state index in [0.29, 0.717) is 0 Å². The van der Waals surface area contributed by atoms with Crippen LogP contribution in [0.15, 0.2) is 24.3 Å². The molecule has 0 aliphatic rings. The van der Waals surface area contributed by atoms with Crippen molar-refractivity contribution in [3.05, 3.63) is 35.4 Å². The van der Waals surface area contributed by atoms with Crippen molar-refractivity contribution < 1.29 is 32.7 Å². The van der Waals surface area contributed by atoms with Gasteiger partial charge in [-0.3, -0.25) is 9.59 Å². The van der Waals surface area contributed by atoms with E-state index in [1.165, 1.54) is 6.92 Å². The normalized spacial score (nSPS) is 13.7. The Morgan fingerprint density at radius 2 is 1.67 bits per heavy atom. The third-order valence-corrected chi connectivity index (χ3v) is 3.48. The van der Waals surface area contributed by atoms with E-state index in [1.807, 2.05) is 0 Å². The number of alkyl halides is 3. The zero-order chi connectivity index (χ0) is 18.5. The number of hydrogen-bond donors (Lipinski definition) is 3. The smallest absolute Gasteiger partial charge is 0.416 e. The third kappa shape index (κ3) is 4.97. The average molecular weight is 346 g/mol. The largest absolute Gasteiger partial charge is 0.480 e. The lowest BCUT2D eigenvalue weighted by atomic mass is 9.99. The Bertz CT molecular complexity index is 629. The van der Waals surface area contributed by atoms with Gasteiger partial charge in [0.05, 0.1) is 12.1 Å². The number of carboxylic acids is 1. The minimum atomic E-state index is -4.50. The van der Waals surface area contributed by atoms with E-state index in [0.717, 1.165) is 24.3 Å². The molecule has 1 rings (SSSR count). The van der Waals surface area contributed by atoms with Gasteiger partial charge in [0.1, 0.15) is 5.54 Å². The number of carboxylic acid groups (broad SMARTS) is 1. The maximum atomic E-state index is 12.4. The van der Waals surface area contributed by atoms with Crippen LogP contribution in [-0.2, 0) is 15.8 Å². The van der Waals surface area contributed by atoms with Gasteiger partial charge in [0.15, 0.2) is 0 Å². The summed E-state index contributed by atoms with van der Waals surface area (Å²) in [5.74, 6) is -2.68. The van der Waals surface area contributed by atoms with E-state index in [-0.39, 0.29) is 12.0 Å². The summed E-state index contributed by atoms with van der Waals surface area (Å²) >= 11 is 0. The topological polar surface area (TPSA) is 95.5 Å². The molecule has 0 saturated carbocycles. The molecule has 0 aromatic heterocycles. The van der Waals surface area contributed by atoms with E-state index in [9.17, 15) is 27.6 Å². The first kappa shape index (κ1) is 19.5. The molecule has 0 aliphatic heterocycles. The highest BCUT2D eigenvalue weighted by Gasteiger charge is 2.33. The predicted molar refractivity (Wildman–Crippen MR) is 78.3 cm³/mol. The Morgan fingerprint density at radius 1 is 1.12 bits per heavy atom. The van der Waals surface area contributed by atoms with Crippen LogP contribution in [0.2, 0.25) is 0 Å². The van der Waals surface area contributed by atoms with Gasteiger partial charge in [-0.05, 0) is 37.6 Å². The molecule has 0 saturated heterocycles. The Kier molecular flexibility index (Phi) is 5.94. The number of aliphatic carboxylic acids is 1. The lowest BCUT2D eigenvalue weighted by Gasteiger charge is -2.24. The molecule has 3 N–H and O–H groups in total. The minimum Gasteiger partial charge on any atom is -0.480 e. The molecular weight excluding hydrogens is 329 g/mol. The van der Waals surface area contributed by atoms with Crippen molar-refractivity contribution in [2.45, 2.75) is 32.0 Å². The van der Waals surface area contributed by atoms with Gasteiger partial charge in [-0.2, -0.15) is 13.2 Å². The van der Waals surface area contributed by atoms with Crippen molar-refractivity contribution in [1.29, 1.82) is 0 Å². The lowest BCUT2D eigenvalue weighted by molar-refractivity contribution is -0.146. The first-order valence-corrected chi connectivity index (χ1v) is 6.99. The second-order valence-electron chi connectivity index (χ2n) is 5.30. The Morgan fingerprint density at radius 3 is 2.08 bits per heavy atom. The number of carbonyl (C=O) groups excluding carboxylic acids is 2. The predicted octanol–water partition coefficient (Wildman–Crippen LogP) is 1.80. The van der Waals surface area contributed by atoms with Gasteiger partial charge in [-0.1, -0.05) is 6.92 Å². The molecule has 0 radical (unpaired) electrons. The summed E-state index contributed by atoms with van der Waals surface area (Å²) < 4.78 is 37.3. The molecule has 0 fully saturated rings. The molecule has 6 nitrogen and oxygen atoms in total. The van der Waals surface area contributed by atoms with Crippen LogP contribution in [0.3, 0.4) is 0 Å². The average Bonchev–Trinajstić information content (AvgIpc) is 2.51. The van der Waals surface area contributed by atoms with E-state index in [4.69, 9.17) is 5.11 Å². The van der Waals surface area contributed by atoms with Crippen LogP contribution in [0.5, 0.6) is 0 Å². The van der Waals surface area contributed by atoms with Gasteiger partial charge in [-0.25, -0.2) is 4.79 Å². The molecule has 2 amide bonds. The van der Waals surface area contributed by atoms with Gasteiger partial charge >= 0.3 is 12.1 Å². The number of hydrogen-bond acceptors (Lipinski definition) is 3. The maximum Gasteiger partial charge on any atom is 0.416 e. The van der Waals surface area contributed by atoms with Gasteiger partial charge in [0.25, 0.3) is 5.91 Å². The van der Waals surface area contributed by atoms with Crippen LogP contribution >= 0.6 is 0 Å². The molecule has 0 spiro atoms. The lowest BCUT2D eigenvalue weighted by Crippen LogP contribution is -2.54. The second-order valence-corrected chi connectivity index (χ2v) is 5.30. The molecule has 132 valence electrons. The van der Waals surface area contributed by atoms with Crippen molar-refractivity contribution in [2.24, 2.45) is 0 Å². The summed E-state index contributed by atoms with van der Waals surface area (Å²) in [6.07, 6.45) is -4.36. The first-order chi connectivity index (χ1) is 11.0. The fourth-order valence-electron chi connectivity index (χ4n) is 1.72. The molecule has 0 bridgehead atoms. The zero-order valence-electron chi connectivity index (χ0n) is 13.0. The van der Waals surface area contributed by atoms with E-state index < -0.39 is 41.6 Å². The Hall–Kier alpha value is -2.58. The number of amides is 2. The molecule has 0 heterocycles. The Labute approximate surface area is 136 Å². The van der Waals surface area contributed by atoms with Crippen LogP contribution in [0, 0.1) is 0 Å². The summed E-state index contributed by atoms with van der Waals surface area (Å²) in [7, 11) is 0. The minimum absolute atomic E-state index is 0.0488. The molecule has 24 heavy (non-hydrogen) atoms. The molecule has 9 heteroatoms. The highest BCUT2D eigenvalue weighted by molar-refractivity contribution is 5.97. The summed E-state index contributed by atoms with van der Waals surface area (Å²) in [6.45, 7) is 2.41. The standard InChI is InChI=1S/C15H17F3N2O4/c1-3-14(2,13(23)24)20-11(21)8-19-12(22)9-4-6-10(7-5-9)15(16,17)18/h4-7H,3,8H2,1-2H3,(H,19,22)(H,20,21)(H,23,24). The quantitative estimate of drug-likeness (QED) is 0.732. The summed E-state index contributed by atoms with van der Waals surface area (Å²) in [6, 6.07) is 3.49. The van der Waals surface area contributed by atoms with Crippen LogP contribution in [0.4, 0.5) is 13.2 Å². The Balaban J connectivity index is 2.63. The molecule has 1 atom stereocenters. The number of nitrogens with one attached hydrogen (secondary N) is 2. The van der Waals surface area contributed by atoms with E-state index >= 15 is 0 Å². The molecule has 0 aliphatic carbocycles. The number of carbonyl (C=O) groups is 3. The monoisotopic (exact) mass is 346 g/mol. The van der Waals surface area contributed by atoms with Crippen molar-refractivity contribution in [3.8, 4) is 0 Å². The molecular formula is C15H17F3N2O4. The SMILES string of the molecule is CCC(C)(NC(=O)CNC(=O)c1ccc(C(F)(F)F)cc1)C(=O)O. The summed E-state index contributed by atoms with van der Waals surface area (Å²) in [5.41, 5.74) is -2.40. The molecule has 1 unspecified atom stereocenters. The molecule has 1 aromatic carbocycles. The number of halogens is 3. The first-order valence-electron chi connectivity index (χ1n) is 6.99. The zero-order valence-corrected chi connectivity index (χ0v) is 13.0. The van der Waals surface area contributed by atoms with Crippen molar-refractivity contribution in [1.82, 2.24) is 10.6 Å². The van der Waals surface area contributed by atoms with Gasteiger partial charge in [0.2, 0.25) is 5.91 Å². The van der Waals surface area contributed by atoms with Crippen LogP contribution in [0.1, 0.15) is 36.2 Å². The highest BCUT2D eigenvalue weighted by Crippen LogP contribution is 2.29. The van der Waals surface area contributed by atoms with Gasteiger partial charge in [-0.15, -0.1) is 0 Å². The van der Waals surface area contributed by atoms with Crippen molar-refractivity contribution in [3.63, 3.8) is 0 Å². The summed E-state index contributed by atoms with van der Waals surface area (Å²) in [4.78, 5) is 34.6. The number of benzene rings is 1. The third-order valence-electron chi connectivity index (χ3n) is 3.48. The van der Waals surface area contributed by atoms with Crippen LogP contribution in [-0.4, -0.2) is 35.0 Å². The second kappa shape index (κ2) is 7.33. The highest BCUT2D eigenvalue weighted by atomic mass is 19.4. The van der Waals surface area contributed by atoms with Crippen molar-refractivity contribution >= 4 is 17.8 Å². The summed E-state index contributed by atoms with van der Waals surface area (Å²) in [5, 5.41) is 13.5. The fourth-order valence-corrected chi connectivity index (χ4v) is 1.72. The van der Waals surface area contributed by atoms with Crippen LogP contribution in [0.25, 0.3) is 0 Å².